The van der Waals surface area contributed by atoms with E-state index in [1.807, 2.05) is 35.2 Å². The Morgan fingerprint density at radius 3 is 1.85 bits per heavy atom. The number of aliphatic hydroxyl groups excluding tert-OH is 2. The molecule has 2 aliphatic heterocycles. The van der Waals surface area contributed by atoms with E-state index in [2.05, 4.69) is 29.8 Å². The Labute approximate surface area is 317 Å². The average Bonchev–Trinajstić information content (AvgIpc) is 3.80. The highest BCUT2D eigenvalue weighted by molar-refractivity contribution is 5.94. The summed E-state index contributed by atoms with van der Waals surface area (Å²) in [4.78, 5) is 37.0. The van der Waals surface area contributed by atoms with Crippen LogP contribution < -0.4 is 9.80 Å². The third-order valence-corrected chi connectivity index (χ3v) is 10.2. The molecule has 12 nitrogen and oxygen atoms in total. The molecule has 14 heteroatoms. The van der Waals surface area contributed by atoms with Crippen molar-refractivity contribution in [1.29, 1.82) is 0 Å². The van der Waals surface area contributed by atoms with Gasteiger partial charge in [-0.25, -0.2) is 29.3 Å². The third-order valence-electron chi connectivity index (χ3n) is 10.2. The standard InChI is InChI=1S/C23H27FN4O3.C18H19FN4O/c1-23(2,3)31-22(30)28-18(13-16-5-4-10-25-21(16)28)17-6-7-19(26-20(17)24)27-11-8-15(14-29)9-12-27;19-17-14(15-10-13-2-1-7-20-18(13)21-15)3-4-16(22-17)23-8-5-12(11-24)6-9-23/h4-7,10,13,15,29H,8-9,11-12,14H2,1-3H3;1-4,7,10,12,24H,5-6,8-9,11H2,(H,20,21). The van der Waals surface area contributed by atoms with Gasteiger partial charge in [0.2, 0.25) is 11.9 Å². The highest BCUT2D eigenvalue weighted by Gasteiger charge is 2.27. The van der Waals surface area contributed by atoms with Crippen LogP contribution in [0.2, 0.25) is 0 Å². The van der Waals surface area contributed by atoms with Gasteiger partial charge in [-0.3, -0.25) is 0 Å². The number of nitrogens with zero attached hydrogens (tertiary/aromatic N) is 7. The zero-order valence-corrected chi connectivity index (χ0v) is 31.3. The van der Waals surface area contributed by atoms with Crippen molar-refractivity contribution in [3.8, 4) is 22.5 Å². The molecule has 0 atom stereocenters. The van der Waals surface area contributed by atoms with Crippen LogP contribution in [0, 0.1) is 23.7 Å². The lowest BCUT2D eigenvalue weighted by atomic mass is 9.98. The van der Waals surface area contributed by atoms with Crippen molar-refractivity contribution >= 4 is 39.8 Å². The fraction of sp³-hybridized carbons (Fsp3) is 0.390. The number of H-pyrrole nitrogens is 1. The number of carbonyl (C=O) groups is 1. The number of fused-ring (bicyclic) bond motifs is 2. The van der Waals surface area contributed by atoms with Gasteiger partial charge in [0.25, 0.3) is 0 Å². The smallest absolute Gasteiger partial charge is 0.420 e. The Balaban J connectivity index is 0.000000174. The second-order valence-corrected chi connectivity index (χ2v) is 15.1. The molecule has 0 aromatic carbocycles. The van der Waals surface area contributed by atoms with E-state index in [-0.39, 0.29) is 24.7 Å². The third kappa shape index (κ3) is 8.45. The summed E-state index contributed by atoms with van der Waals surface area (Å²) in [7, 11) is 0. The molecule has 0 spiro atoms. The lowest BCUT2D eigenvalue weighted by Crippen LogP contribution is -2.35. The van der Waals surface area contributed by atoms with Gasteiger partial charge < -0.3 is 29.7 Å². The molecule has 2 fully saturated rings. The first-order chi connectivity index (χ1) is 26.5. The van der Waals surface area contributed by atoms with Gasteiger partial charge in [-0.2, -0.15) is 8.78 Å². The van der Waals surface area contributed by atoms with E-state index in [1.165, 1.54) is 4.57 Å². The summed E-state index contributed by atoms with van der Waals surface area (Å²) in [6.07, 6.45) is 6.19. The zero-order valence-electron chi connectivity index (χ0n) is 31.3. The van der Waals surface area contributed by atoms with Gasteiger partial charge in [-0.15, -0.1) is 0 Å². The van der Waals surface area contributed by atoms with Crippen molar-refractivity contribution in [2.45, 2.75) is 52.1 Å². The Morgan fingerprint density at radius 2 is 1.33 bits per heavy atom. The number of rotatable bonds is 6. The number of pyridine rings is 4. The number of piperidine rings is 2. The maximum absolute atomic E-state index is 15.2. The number of carbonyl (C=O) groups excluding carboxylic acids is 1. The van der Waals surface area contributed by atoms with E-state index in [9.17, 15) is 19.4 Å². The van der Waals surface area contributed by atoms with Crippen molar-refractivity contribution in [2.75, 3.05) is 49.2 Å². The number of anilines is 2. The maximum atomic E-state index is 15.2. The molecule has 8 rings (SSSR count). The predicted molar refractivity (Wildman–Crippen MR) is 208 cm³/mol. The summed E-state index contributed by atoms with van der Waals surface area (Å²) < 4.78 is 36.6. The van der Waals surface area contributed by atoms with Gasteiger partial charge in [-0.05, 0) is 119 Å². The van der Waals surface area contributed by atoms with Crippen molar-refractivity contribution < 1.29 is 28.5 Å². The van der Waals surface area contributed by atoms with E-state index in [1.54, 1.807) is 63.5 Å². The number of aliphatic hydroxyl groups is 2. The SMILES string of the molecule is CC(C)(C)OC(=O)n1c(-c2ccc(N3CCC(CO)CC3)nc2F)cc2cccnc21.OCC1CCN(c2ccc(-c3cc4cccnc4[nH]3)c(F)n2)CC1. The number of aromatic nitrogens is 6. The molecule has 8 heterocycles. The summed E-state index contributed by atoms with van der Waals surface area (Å²) in [6, 6.07) is 18.0. The largest absolute Gasteiger partial charge is 0.443 e. The molecule has 0 bridgehead atoms. The molecular formula is C41H46F2N8O4. The molecule has 288 valence electrons. The van der Waals surface area contributed by atoms with Gasteiger partial charge in [0, 0.05) is 62.6 Å². The van der Waals surface area contributed by atoms with E-state index in [0.29, 0.717) is 45.5 Å². The van der Waals surface area contributed by atoms with E-state index < -0.39 is 23.6 Å². The highest BCUT2D eigenvalue weighted by atomic mass is 19.1. The maximum Gasteiger partial charge on any atom is 0.420 e. The molecule has 6 aromatic heterocycles. The first-order valence-electron chi connectivity index (χ1n) is 18.7. The number of hydrogen-bond donors (Lipinski definition) is 3. The van der Waals surface area contributed by atoms with Crippen molar-refractivity contribution in [3.05, 3.63) is 85.0 Å². The summed E-state index contributed by atoms with van der Waals surface area (Å²) >= 11 is 0. The van der Waals surface area contributed by atoms with Gasteiger partial charge >= 0.3 is 6.09 Å². The Morgan fingerprint density at radius 1 is 0.782 bits per heavy atom. The normalized spacial score (nSPS) is 15.7. The van der Waals surface area contributed by atoms with Crippen molar-refractivity contribution in [3.63, 3.8) is 0 Å². The highest BCUT2D eigenvalue weighted by Crippen LogP contribution is 2.32. The van der Waals surface area contributed by atoms with Crippen LogP contribution in [0.25, 0.3) is 44.6 Å². The fourth-order valence-electron chi connectivity index (χ4n) is 7.11. The predicted octanol–water partition coefficient (Wildman–Crippen LogP) is 7.20. The first kappa shape index (κ1) is 37.8. The number of ether oxygens (including phenoxy) is 1. The van der Waals surface area contributed by atoms with Crippen LogP contribution in [0.4, 0.5) is 25.2 Å². The van der Waals surface area contributed by atoms with E-state index >= 15 is 4.39 Å². The van der Waals surface area contributed by atoms with Crippen LogP contribution in [0.1, 0.15) is 46.5 Å². The summed E-state index contributed by atoms with van der Waals surface area (Å²) in [5.74, 6) is 0.705. The molecule has 2 aliphatic rings. The minimum absolute atomic E-state index is 0.178. The zero-order chi connectivity index (χ0) is 38.7. The van der Waals surface area contributed by atoms with E-state index in [0.717, 1.165) is 62.9 Å². The Bertz CT molecular complexity index is 2240. The first-order valence-corrected chi connectivity index (χ1v) is 18.7. The second kappa shape index (κ2) is 16.1. The Hall–Kier alpha value is -5.47. The number of halogens is 2. The van der Waals surface area contributed by atoms with Gasteiger partial charge in [0.15, 0.2) is 0 Å². The fourth-order valence-corrected chi connectivity index (χ4v) is 7.11. The van der Waals surface area contributed by atoms with Crippen LogP contribution >= 0.6 is 0 Å². The van der Waals surface area contributed by atoms with Gasteiger partial charge in [-0.1, -0.05) is 0 Å². The molecule has 55 heavy (non-hydrogen) atoms. The molecule has 0 amide bonds. The van der Waals surface area contributed by atoms with Crippen molar-refractivity contribution in [1.82, 2.24) is 29.5 Å². The minimum atomic E-state index is -0.707. The average molecular weight is 753 g/mol. The molecule has 0 unspecified atom stereocenters. The van der Waals surface area contributed by atoms with Crippen LogP contribution in [0.3, 0.4) is 0 Å². The number of hydrogen-bond acceptors (Lipinski definition) is 10. The van der Waals surface area contributed by atoms with Crippen LogP contribution in [-0.4, -0.2) is 90.8 Å². The minimum Gasteiger partial charge on any atom is -0.443 e. The van der Waals surface area contributed by atoms with Crippen LogP contribution in [-0.2, 0) is 4.74 Å². The Kier molecular flexibility index (Phi) is 11.1. The lowest BCUT2D eigenvalue weighted by molar-refractivity contribution is 0.0546. The number of aromatic amines is 1. The lowest BCUT2D eigenvalue weighted by Gasteiger charge is -2.32. The van der Waals surface area contributed by atoms with Gasteiger partial charge in [0.1, 0.15) is 28.5 Å². The molecule has 6 aromatic rings. The summed E-state index contributed by atoms with van der Waals surface area (Å²) in [5, 5.41) is 20.2. The molecule has 0 saturated carbocycles. The quantitative estimate of drug-likeness (QED) is 0.149. The molecular weight excluding hydrogens is 706 g/mol. The summed E-state index contributed by atoms with van der Waals surface area (Å²) in [5.41, 5.74) is 2.11. The van der Waals surface area contributed by atoms with Gasteiger partial charge in [0.05, 0.1) is 22.5 Å². The second-order valence-electron chi connectivity index (χ2n) is 15.1. The molecule has 2 saturated heterocycles. The molecule has 0 aliphatic carbocycles. The van der Waals surface area contributed by atoms with Crippen LogP contribution in [0.5, 0.6) is 0 Å². The van der Waals surface area contributed by atoms with Crippen LogP contribution in [0.15, 0.2) is 73.1 Å². The topological polar surface area (TPSA) is 146 Å². The number of nitrogens with one attached hydrogen (secondary N) is 1. The van der Waals surface area contributed by atoms with Crippen molar-refractivity contribution in [2.24, 2.45) is 11.8 Å². The monoisotopic (exact) mass is 752 g/mol. The van der Waals surface area contributed by atoms with E-state index in [4.69, 9.17) is 4.74 Å². The molecule has 0 radical (unpaired) electrons. The molecule has 3 N–H and O–H groups in total. The summed E-state index contributed by atoms with van der Waals surface area (Å²) in [6.45, 7) is 8.78.